The molecule has 1 rings (SSSR count). The van der Waals surface area contributed by atoms with E-state index in [1.807, 2.05) is 19.9 Å². The zero-order chi connectivity index (χ0) is 15.0. The number of nitrogens with zero attached hydrogens (tertiary/aromatic N) is 1. The highest BCUT2D eigenvalue weighted by Gasteiger charge is 2.06. The van der Waals surface area contributed by atoms with E-state index >= 15 is 0 Å². The van der Waals surface area contributed by atoms with Crippen LogP contribution in [-0.4, -0.2) is 18.6 Å². The van der Waals surface area contributed by atoms with Gasteiger partial charge in [0.15, 0.2) is 5.96 Å². The fraction of sp³-hybridized carbons (Fsp3) is 0.562. The normalized spacial score (nSPS) is 11.2. The van der Waals surface area contributed by atoms with Gasteiger partial charge in [0.05, 0.1) is 12.6 Å². The summed E-state index contributed by atoms with van der Waals surface area (Å²) in [5, 5.41) is 3.11. The molecule has 0 spiro atoms. The van der Waals surface area contributed by atoms with Gasteiger partial charge < -0.3 is 15.8 Å². The van der Waals surface area contributed by atoms with Gasteiger partial charge in [0.2, 0.25) is 0 Å². The number of aryl methyl sites for hydroxylation is 1. The number of ether oxygens (including phenoxy) is 1. The number of nitrogens with one attached hydrogen (secondary N) is 1. The van der Waals surface area contributed by atoms with Crippen LogP contribution >= 0.6 is 24.0 Å². The summed E-state index contributed by atoms with van der Waals surface area (Å²) in [5.74, 6) is 1.39. The summed E-state index contributed by atoms with van der Waals surface area (Å²) in [6.45, 7) is 9.66. The molecule has 3 N–H and O–H groups in total. The van der Waals surface area contributed by atoms with Crippen LogP contribution in [0.5, 0.6) is 5.75 Å². The molecule has 1 aromatic carbocycles. The van der Waals surface area contributed by atoms with Crippen LogP contribution in [0.3, 0.4) is 0 Å². The number of hydrogen-bond donors (Lipinski definition) is 2. The molecule has 0 radical (unpaired) electrons. The molecule has 0 unspecified atom stereocenters. The quantitative estimate of drug-likeness (QED) is 0.315. The van der Waals surface area contributed by atoms with Crippen LogP contribution in [0.15, 0.2) is 23.2 Å². The van der Waals surface area contributed by atoms with Crippen LogP contribution in [0.2, 0.25) is 0 Å². The van der Waals surface area contributed by atoms with E-state index in [4.69, 9.17) is 10.5 Å². The van der Waals surface area contributed by atoms with Crippen molar-refractivity contribution in [2.24, 2.45) is 10.7 Å². The van der Waals surface area contributed by atoms with Crippen LogP contribution in [0.1, 0.15) is 44.7 Å². The second-order valence-electron chi connectivity index (χ2n) is 5.26. The lowest BCUT2D eigenvalue weighted by Gasteiger charge is -2.14. The van der Waals surface area contributed by atoms with Crippen molar-refractivity contribution in [3.8, 4) is 5.75 Å². The highest BCUT2D eigenvalue weighted by molar-refractivity contribution is 14.0. The Hall–Kier alpha value is -0.980. The summed E-state index contributed by atoms with van der Waals surface area (Å²) in [6.07, 6.45) is 2.40. The number of rotatable bonds is 7. The van der Waals surface area contributed by atoms with Crippen molar-refractivity contribution in [3.63, 3.8) is 0 Å². The Bertz CT molecular complexity index is 447. The van der Waals surface area contributed by atoms with Gasteiger partial charge in [-0.2, -0.15) is 0 Å². The van der Waals surface area contributed by atoms with Crippen molar-refractivity contribution in [1.82, 2.24) is 5.32 Å². The minimum Gasteiger partial charge on any atom is -0.491 e. The number of nitrogens with two attached hydrogens (primary N) is 1. The molecular formula is C16H28IN3O. The van der Waals surface area contributed by atoms with Crippen LogP contribution < -0.4 is 15.8 Å². The Labute approximate surface area is 145 Å². The van der Waals surface area contributed by atoms with Crippen molar-refractivity contribution in [3.05, 3.63) is 29.3 Å². The first kappa shape index (κ1) is 20.0. The van der Waals surface area contributed by atoms with Crippen LogP contribution in [0, 0.1) is 6.92 Å². The molecule has 0 atom stereocenters. The predicted molar refractivity (Wildman–Crippen MR) is 101 cm³/mol. The molecule has 0 saturated heterocycles. The maximum Gasteiger partial charge on any atom is 0.188 e. The van der Waals surface area contributed by atoms with Gasteiger partial charge in [-0.15, -0.1) is 24.0 Å². The Kier molecular flexibility index (Phi) is 10.2. The lowest BCUT2D eigenvalue weighted by atomic mass is 10.1. The second kappa shape index (κ2) is 10.7. The predicted octanol–water partition coefficient (Wildman–Crippen LogP) is 3.60. The number of guanidine groups is 1. The summed E-state index contributed by atoms with van der Waals surface area (Å²) < 4.78 is 5.83. The molecule has 0 bridgehead atoms. The SMILES string of the molecule is CCCCNC(N)=NCc1ccc(C)cc1OC(C)C.I. The summed E-state index contributed by atoms with van der Waals surface area (Å²) >= 11 is 0. The molecule has 0 saturated carbocycles. The van der Waals surface area contributed by atoms with Gasteiger partial charge in [0.1, 0.15) is 5.75 Å². The standard InChI is InChI=1S/C16H27N3O.HI/c1-5-6-9-18-16(17)19-11-14-8-7-13(4)10-15(14)20-12(2)3;/h7-8,10,12H,5-6,9,11H2,1-4H3,(H3,17,18,19);1H. The van der Waals surface area contributed by atoms with E-state index in [1.54, 1.807) is 0 Å². The van der Waals surface area contributed by atoms with Crippen molar-refractivity contribution in [2.45, 2.75) is 53.2 Å². The fourth-order valence-electron chi connectivity index (χ4n) is 1.78. The molecule has 4 nitrogen and oxygen atoms in total. The van der Waals surface area contributed by atoms with E-state index in [-0.39, 0.29) is 30.1 Å². The lowest BCUT2D eigenvalue weighted by molar-refractivity contribution is 0.240. The molecule has 0 aliphatic rings. The van der Waals surface area contributed by atoms with E-state index in [2.05, 4.69) is 36.3 Å². The molecule has 0 aromatic heterocycles. The van der Waals surface area contributed by atoms with E-state index in [0.29, 0.717) is 12.5 Å². The third-order valence-corrected chi connectivity index (χ3v) is 2.84. The minimum absolute atomic E-state index is 0. The molecule has 5 heteroatoms. The molecule has 0 fully saturated rings. The van der Waals surface area contributed by atoms with Crippen molar-refractivity contribution >= 4 is 29.9 Å². The van der Waals surface area contributed by atoms with Gasteiger partial charge in [-0.05, 0) is 38.8 Å². The third-order valence-electron chi connectivity index (χ3n) is 2.84. The number of benzene rings is 1. The zero-order valence-electron chi connectivity index (χ0n) is 13.5. The van der Waals surface area contributed by atoms with Gasteiger partial charge in [-0.1, -0.05) is 25.5 Å². The molecule has 120 valence electrons. The summed E-state index contributed by atoms with van der Waals surface area (Å²) in [4.78, 5) is 4.37. The summed E-state index contributed by atoms with van der Waals surface area (Å²) in [7, 11) is 0. The van der Waals surface area contributed by atoms with Gasteiger partial charge in [0.25, 0.3) is 0 Å². The second-order valence-corrected chi connectivity index (χ2v) is 5.26. The van der Waals surface area contributed by atoms with E-state index in [9.17, 15) is 0 Å². The monoisotopic (exact) mass is 405 g/mol. The van der Waals surface area contributed by atoms with E-state index < -0.39 is 0 Å². The molecule has 0 aliphatic carbocycles. The third kappa shape index (κ3) is 8.14. The minimum atomic E-state index is 0. The Morgan fingerprint density at radius 2 is 2.10 bits per heavy atom. The smallest absolute Gasteiger partial charge is 0.188 e. The largest absolute Gasteiger partial charge is 0.491 e. The van der Waals surface area contributed by atoms with Crippen LogP contribution in [0.4, 0.5) is 0 Å². The van der Waals surface area contributed by atoms with Gasteiger partial charge in [-0.25, -0.2) is 4.99 Å². The first-order valence-electron chi connectivity index (χ1n) is 7.33. The maximum atomic E-state index is 5.84. The molecule has 0 aliphatic heterocycles. The molecule has 21 heavy (non-hydrogen) atoms. The number of hydrogen-bond acceptors (Lipinski definition) is 2. The summed E-state index contributed by atoms with van der Waals surface area (Å²) in [6, 6.07) is 6.17. The average molecular weight is 405 g/mol. The highest BCUT2D eigenvalue weighted by atomic mass is 127. The Morgan fingerprint density at radius 3 is 2.71 bits per heavy atom. The first-order valence-corrected chi connectivity index (χ1v) is 7.33. The number of aliphatic imine (C=N–C) groups is 1. The topological polar surface area (TPSA) is 59.6 Å². The van der Waals surface area contributed by atoms with Crippen molar-refractivity contribution in [2.75, 3.05) is 6.54 Å². The fourth-order valence-corrected chi connectivity index (χ4v) is 1.78. The highest BCUT2D eigenvalue weighted by Crippen LogP contribution is 2.22. The zero-order valence-corrected chi connectivity index (χ0v) is 15.8. The average Bonchev–Trinajstić information content (AvgIpc) is 2.37. The maximum absolute atomic E-state index is 5.84. The van der Waals surface area contributed by atoms with Crippen molar-refractivity contribution in [1.29, 1.82) is 0 Å². The van der Waals surface area contributed by atoms with Gasteiger partial charge in [0, 0.05) is 12.1 Å². The van der Waals surface area contributed by atoms with E-state index in [1.165, 1.54) is 5.56 Å². The van der Waals surface area contributed by atoms with Crippen molar-refractivity contribution < 1.29 is 4.74 Å². The van der Waals surface area contributed by atoms with Crippen LogP contribution in [0.25, 0.3) is 0 Å². The number of halogens is 1. The molecule has 0 heterocycles. The number of unbranched alkanes of at least 4 members (excludes halogenated alkanes) is 1. The lowest BCUT2D eigenvalue weighted by Crippen LogP contribution is -2.32. The van der Waals surface area contributed by atoms with Gasteiger partial charge >= 0.3 is 0 Å². The summed E-state index contributed by atoms with van der Waals surface area (Å²) in [5.41, 5.74) is 8.08. The first-order chi connectivity index (χ1) is 9.52. The van der Waals surface area contributed by atoms with Gasteiger partial charge in [-0.3, -0.25) is 0 Å². The van der Waals surface area contributed by atoms with E-state index in [0.717, 1.165) is 30.7 Å². The Balaban J connectivity index is 0.00000400. The Morgan fingerprint density at radius 1 is 1.38 bits per heavy atom. The molecular weight excluding hydrogens is 377 g/mol. The molecule has 1 aromatic rings. The van der Waals surface area contributed by atoms with Crippen LogP contribution in [-0.2, 0) is 6.54 Å². The molecule has 0 amide bonds.